The highest BCUT2D eigenvalue weighted by molar-refractivity contribution is 7.09. The Bertz CT molecular complexity index is 2130. The lowest BCUT2D eigenvalue weighted by atomic mass is 9.77. The van der Waals surface area contributed by atoms with Gasteiger partial charge in [0.1, 0.15) is 28.7 Å². The Balaban J connectivity index is 1.21. The second-order valence-electron chi connectivity index (χ2n) is 18.3. The number of likely N-dealkylation sites (tertiary alicyclic amines) is 1. The van der Waals surface area contributed by atoms with E-state index < -0.39 is 40.8 Å². The first-order valence-electron chi connectivity index (χ1n) is 20.5. The molecule has 1 N–H and O–H groups in total. The van der Waals surface area contributed by atoms with Crippen molar-refractivity contribution in [2.45, 2.75) is 118 Å². The van der Waals surface area contributed by atoms with Crippen molar-refractivity contribution in [3.05, 3.63) is 45.0 Å². The van der Waals surface area contributed by atoms with E-state index >= 15 is 0 Å². The van der Waals surface area contributed by atoms with Gasteiger partial charge >= 0.3 is 18.7 Å². The average Bonchev–Trinajstić information content (AvgIpc) is 3.83. The molecule has 0 spiro atoms. The third-order valence-electron chi connectivity index (χ3n) is 12.6. The number of carbonyl (C=O) groups is 4. The van der Waals surface area contributed by atoms with Gasteiger partial charge in [-0.1, -0.05) is 59.6 Å². The summed E-state index contributed by atoms with van der Waals surface area (Å²) in [7, 11) is 0. The molecule has 0 radical (unpaired) electrons. The number of thiazole rings is 1. The molecule has 3 saturated carbocycles. The predicted octanol–water partition coefficient (Wildman–Crippen LogP) is 8.67. The Hall–Kier alpha value is -4.28. The molecule has 12 nitrogen and oxygen atoms in total. The van der Waals surface area contributed by atoms with E-state index in [1.165, 1.54) is 22.7 Å². The molecule has 1 saturated heterocycles. The van der Waals surface area contributed by atoms with Gasteiger partial charge in [0, 0.05) is 36.1 Å². The van der Waals surface area contributed by atoms with Crippen LogP contribution in [0.25, 0.3) is 27.1 Å². The summed E-state index contributed by atoms with van der Waals surface area (Å²) in [5, 5.41) is 13.9. The van der Waals surface area contributed by atoms with Crippen molar-refractivity contribution < 1.29 is 38.5 Å². The number of hydrogen-bond acceptors (Lipinski definition) is 10. The number of amides is 1. The topological polar surface area (TPSA) is 150 Å². The van der Waals surface area contributed by atoms with E-state index in [9.17, 15) is 24.3 Å². The zero-order chi connectivity index (χ0) is 41.7. The van der Waals surface area contributed by atoms with Crippen molar-refractivity contribution in [3.63, 3.8) is 0 Å². The van der Waals surface area contributed by atoms with E-state index in [4.69, 9.17) is 42.4 Å². The third kappa shape index (κ3) is 8.69. The zero-order valence-corrected chi connectivity index (χ0v) is 35.7. The van der Waals surface area contributed by atoms with Gasteiger partial charge < -0.3 is 24.2 Å². The molecule has 2 aromatic heterocycles. The minimum atomic E-state index is -1.16. The molecule has 1 aromatic carbocycles. The number of esters is 1. The second-order valence-corrected chi connectivity index (χ2v) is 19.6. The molecule has 3 aliphatic carbocycles. The molecular weight excluding hydrogens is 780 g/mol. The summed E-state index contributed by atoms with van der Waals surface area (Å²) in [6.07, 6.45) is 3.77. The molecule has 1 aliphatic heterocycles. The Morgan fingerprint density at radius 2 is 1.81 bits per heavy atom. The lowest BCUT2D eigenvalue weighted by Crippen LogP contribution is -2.48. The largest absolute Gasteiger partial charge is 0.488 e. The molecule has 8 atom stereocenters. The van der Waals surface area contributed by atoms with E-state index in [0.717, 1.165) is 24.3 Å². The maximum Gasteiger partial charge on any atom is 0.357 e. The van der Waals surface area contributed by atoms with Crippen LogP contribution in [0.3, 0.4) is 0 Å². The fourth-order valence-corrected chi connectivity index (χ4v) is 10.4. The summed E-state index contributed by atoms with van der Waals surface area (Å²) in [4.78, 5) is 69.6. The van der Waals surface area contributed by atoms with Crippen LogP contribution in [0.4, 0.5) is 0 Å². The number of fused-ring (bicyclic) bond motifs is 2. The number of hydrogen-bond donors (Lipinski definition) is 1. The second kappa shape index (κ2) is 16.4. The van der Waals surface area contributed by atoms with Crippen molar-refractivity contribution in [3.8, 4) is 22.9 Å². The molecule has 14 heteroatoms. The summed E-state index contributed by atoms with van der Waals surface area (Å²) in [6, 6.07) is 4.22. The van der Waals surface area contributed by atoms with E-state index in [1.54, 1.807) is 18.2 Å². The maximum absolute atomic E-state index is 14.8. The number of ether oxygens (including phenoxy) is 3. The fourth-order valence-electron chi connectivity index (χ4n) is 9.15. The van der Waals surface area contributed by atoms with Gasteiger partial charge in [-0.2, -0.15) is 0 Å². The van der Waals surface area contributed by atoms with Gasteiger partial charge in [0.25, 0.3) is 0 Å². The molecule has 4 aliphatic rings. The van der Waals surface area contributed by atoms with Gasteiger partial charge in [-0.25, -0.2) is 16.5 Å². The number of nitrogens with zero attached hydrogens (tertiary/aromatic N) is 4. The Kier molecular flexibility index (Phi) is 11.8. The molecule has 3 aromatic rings. The van der Waals surface area contributed by atoms with Crippen molar-refractivity contribution in [1.29, 1.82) is 0 Å². The zero-order valence-electron chi connectivity index (χ0n) is 34.1. The van der Waals surface area contributed by atoms with Crippen LogP contribution in [0.5, 0.6) is 11.5 Å². The van der Waals surface area contributed by atoms with Gasteiger partial charge in [-0.05, 0) is 66.9 Å². The van der Waals surface area contributed by atoms with E-state index in [-0.39, 0.29) is 67.0 Å². The monoisotopic (exact) mass is 832 g/mol. The predicted molar refractivity (Wildman–Crippen MR) is 219 cm³/mol. The van der Waals surface area contributed by atoms with Gasteiger partial charge in [0.15, 0.2) is 5.78 Å². The number of aliphatic carboxylic acids is 1. The Labute approximate surface area is 348 Å². The van der Waals surface area contributed by atoms with E-state index in [1.807, 2.05) is 33.1 Å². The van der Waals surface area contributed by atoms with Crippen LogP contribution in [0.2, 0.25) is 5.02 Å². The van der Waals surface area contributed by atoms with E-state index in [2.05, 4.69) is 18.7 Å². The molecule has 2 unspecified atom stereocenters. The summed E-state index contributed by atoms with van der Waals surface area (Å²) < 4.78 is 18.3. The number of pyridine rings is 1. The van der Waals surface area contributed by atoms with Crippen LogP contribution < -0.4 is 9.47 Å². The first-order valence-corrected chi connectivity index (χ1v) is 21.7. The summed E-state index contributed by atoms with van der Waals surface area (Å²) in [6.45, 7) is 18.9. The number of halogens is 1. The molecule has 4 fully saturated rings. The molecule has 58 heavy (non-hydrogen) atoms. The number of rotatable bonds is 16. The van der Waals surface area contributed by atoms with E-state index in [0.29, 0.717) is 58.6 Å². The smallest absolute Gasteiger partial charge is 0.357 e. The molecule has 3 heterocycles. The van der Waals surface area contributed by atoms with Crippen molar-refractivity contribution in [2.24, 2.45) is 40.4 Å². The first kappa shape index (κ1) is 41.9. The molecule has 310 valence electrons. The highest BCUT2D eigenvalue weighted by Crippen LogP contribution is 2.58. The normalized spacial score (nSPS) is 26.6. The van der Waals surface area contributed by atoms with Crippen LogP contribution in [0.15, 0.2) is 23.6 Å². The first-order chi connectivity index (χ1) is 27.5. The molecular formula is C44H53ClN4O8S. The van der Waals surface area contributed by atoms with Gasteiger partial charge in [-0.3, -0.25) is 24.0 Å². The summed E-state index contributed by atoms with van der Waals surface area (Å²) in [5.74, 6) is -0.664. The summed E-state index contributed by atoms with van der Waals surface area (Å²) >= 11 is 8.42. The van der Waals surface area contributed by atoms with Gasteiger partial charge in [0.2, 0.25) is 5.91 Å². The highest BCUT2D eigenvalue weighted by atomic mass is 35.5. The minimum absolute atomic E-state index is 0.0362. The lowest BCUT2D eigenvalue weighted by Gasteiger charge is -2.35. The number of ketones is 1. The molecule has 7 rings (SSSR count). The number of benzene rings is 1. The van der Waals surface area contributed by atoms with Crippen LogP contribution in [-0.2, 0) is 30.3 Å². The van der Waals surface area contributed by atoms with Crippen molar-refractivity contribution in [2.75, 3.05) is 13.3 Å². The van der Waals surface area contributed by atoms with Crippen LogP contribution in [-0.4, -0.2) is 75.1 Å². The number of aromatic nitrogens is 2. The highest BCUT2D eigenvalue weighted by Gasteiger charge is 2.61. The maximum atomic E-state index is 14.8. The number of carbonyl (C=O) groups excluding carboxylic acids is 3. The average molecular weight is 833 g/mol. The lowest BCUT2D eigenvalue weighted by molar-refractivity contribution is -0.157. The van der Waals surface area contributed by atoms with Gasteiger partial charge in [0.05, 0.1) is 52.3 Å². The van der Waals surface area contributed by atoms with Crippen molar-refractivity contribution in [1.82, 2.24) is 14.9 Å². The van der Waals surface area contributed by atoms with Crippen LogP contribution in [0.1, 0.15) is 97.9 Å². The SMILES string of the molecule is [C-]#[N+]COc1ccc2c(O[C@H]3C[C@@H](C(=O)C[C@@]4(C(=O)O)C[C@H]4CC)N(C(=O)[C@H](CC(=O)OC4CC5C[C@H]5C4)C(C)(C)C)C3)cc(-c3csc(CC(C)C)n3)nc2c1Cl. The molecule has 0 bridgehead atoms. The summed E-state index contributed by atoms with van der Waals surface area (Å²) in [5.41, 5.74) is -0.298. The molecule has 1 amide bonds. The van der Waals surface area contributed by atoms with Crippen molar-refractivity contribution >= 4 is 57.5 Å². The minimum Gasteiger partial charge on any atom is -0.488 e. The standard InChI is InChI=1S/C44H53ClN4O8S/c1-8-26-18-44(26,42(53)54)19-34(50)33-15-28(20-49(33)41(52)30(43(4,5)6)16-38(51)57-27-13-24-12-25(24)14-27)56-36-17-31(32-21-58-37(47-32)11-23(2)3)48-40-29(36)9-10-35(39(40)45)55-22-46-7/h9-10,17,21,23-28,30,33H,8,11-16,18-20,22H2,1-6H3,(H,53,54)/t24-,25?,26+,27?,28-,30-,33-,44-/m0/s1. The van der Waals surface area contributed by atoms with Gasteiger partial charge in [-0.15, -0.1) is 11.3 Å². The quantitative estimate of drug-likeness (QED) is 0.110. The van der Waals surface area contributed by atoms with Crippen LogP contribution in [0, 0.1) is 47.0 Å². The Morgan fingerprint density at radius 3 is 2.45 bits per heavy atom. The third-order valence-corrected chi connectivity index (χ3v) is 13.8. The number of carboxylic acids is 1. The number of carboxylic acid groups (broad SMARTS) is 1. The fraction of sp³-hybridized carbons (Fsp3) is 0.614. The van der Waals surface area contributed by atoms with Crippen LogP contribution >= 0.6 is 22.9 Å². The number of Topliss-reactive ketones (excluding diaryl/α,β-unsaturated/α-hetero) is 1. The Morgan fingerprint density at radius 1 is 1.07 bits per heavy atom.